The maximum absolute atomic E-state index is 6.63. The van der Waals surface area contributed by atoms with E-state index in [4.69, 9.17) is 11.6 Å². The quantitative estimate of drug-likeness (QED) is 0.605. The fourth-order valence-electron chi connectivity index (χ4n) is 2.89. The van der Waals surface area contributed by atoms with Crippen molar-refractivity contribution in [1.82, 2.24) is 30.2 Å². The molecule has 0 atom stereocenters. The first-order valence-corrected chi connectivity index (χ1v) is 8.29. The van der Waals surface area contributed by atoms with E-state index in [0.717, 1.165) is 33.8 Å². The minimum atomic E-state index is 0.642. The van der Waals surface area contributed by atoms with Crippen LogP contribution in [0.25, 0.3) is 28.2 Å². The maximum Gasteiger partial charge on any atom is 0.179 e. The van der Waals surface area contributed by atoms with Crippen molar-refractivity contribution in [2.45, 2.75) is 13.3 Å². The van der Waals surface area contributed by atoms with Gasteiger partial charge >= 0.3 is 0 Å². The van der Waals surface area contributed by atoms with Crippen molar-refractivity contribution >= 4 is 11.6 Å². The third kappa shape index (κ3) is 2.92. The first-order valence-electron chi connectivity index (χ1n) is 7.91. The highest BCUT2D eigenvalue weighted by atomic mass is 35.5. The number of aryl methyl sites for hydroxylation is 1. The van der Waals surface area contributed by atoms with Gasteiger partial charge in [0.15, 0.2) is 5.82 Å². The van der Waals surface area contributed by atoms with E-state index in [-0.39, 0.29) is 0 Å². The van der Waals surface area contributed by atoms with Crippen LogP contribution >= 0.6 is 11.6 Å². The van der Waals surface area contributed by atoms with Crippen LogP contribution in [0.5, 0.6) is 0 Å². The smallest absolute Gasteiger partial charge is 0.179 e. The largest absolute Gasteiger partial charge is 0.306 e. The number of halogens is 1. The summed E-state index contributed by atoms with van der Waals surface area (Å²) in [5, 5.41) is 14.6. The Labute approximate surface area is 149 Å². The van der Waals surface area contributed by atoms with E-state index >= 15 is 0 Å². The molecule has 124 valence electrons. The van der Waals surface area contributed by atoms with Crippen molar-refractivity contribution in [2.24, 2.45) is 0 Å². The molecule has 1 N–H and O–H groups in total. The van der Waals surface area contributed by atoms with Gasteiger partial charge in [-0.15, -0.1) is 5.10 Å². The van der Waals surface area contributed by atoms with E-state index in [0.29, 0.717) is 5.82 Å². The summed E-state index contributed by atoms with van der Waals surface area (Å²) in [6, 6.07) is 12.2. The Balaban J connectivity index is 1.77. The number of benzene rings is 2. The van der Waals surface area contributed by atoms with E-state index < -0.39 is 0 Å². The lowest BCUT2D eigenvalue weighted by Crippen LogP contribution is -1.96. The van der Waals surface area contributed by atoms with Crippen molar-refractivity contribution < 1.29 is 0 Å². The van der Waals surface area contributed by atoms with Crippen molar-refractivity contribution in [1.29, 1.82) is 0 Å². The van der Waals surface area contributed by atoms with Gasteiger partial charge in [-0.3, -0.25) is 0 Å². The monoisotopic (exact) mass is 350 g/mol. The fraction of sp³-hybridized carbons (Fsp3) is 0.111. The zero-order chi connectivity index (χ0) is 17.2. The average Bonchev–Trinajstić information content (AvgIpc) is 3.35. The van der Waals surface area contributed by atoms with Crippen LogP contribution in [0.2, 0.25) is 5.02 Å². The first-order chi connectivity index (χ1) is 12.3. The SMILES string of the molecule is CCc1cc(-n2ccnc2)cc(Cl)c1-c1ccc(-c2nnn[nH]2)cc1. The second-order valence-corrected chi connectivity index (χ2v) is 6.02. The van der Waals surface area contributed by atoms with Gasteiger partial charge in [0.1, 0.15) is 0 Å². The summed E-state index contributed by atoms with van der Waals surface area (Å²) in [5.41, 5.74) is 5.24. The molecule has 6 nitrogen and oxygen atoms in total. The summed E-state index contributed by atoms with van der Waals surface area (Å²) >= 11 is 6.63. The van der Waals surface area contributed by atoms with Gasteiger partial charge in [-0.25, -0.2) is 10.1 Å². The highest BCUT2D eigenvalue weighted by molar-refractivity contribution is 6.33. The number of H-pyrrole nitrogens is 1. The minimum absolute atomic E-state index is 0.642. The summed E-state index contributed by atoms with van der Waals surface area (Å²) in [7, 11) is 0. The summed E-state index contributed by atoms with van der Waals surface area (Å²) in [6.45, 7) is 2.13. The minimum Gasteiger partial charge on any atom is -0.306 e. The molecule has 2 heterocycles. The molecular formula is C18H15ClN6. The maximum atomic E-state index is 6.63. The predicted octanol–water partition coefficient (Wildman–Crippen LogP) is 3.94. The van der Waals surface area contributed by atoms with Gasteiger partial charge in [-0.05, 0) is 40.1 Å². The summed E-state index contributed by atoms with van der Waals surface area (Å²) in [6.07, 6.45) is 6.31. The Morgan fingerprint density at radius 2 is 1.92 bits per heavy atom. The first kappa shape index (κ1) is 15.5. The zero-order valence-electron chi connectivity index (χ0n) is 13.5. The van der Waals surface area contributed by atoms with E-state index in [2.05, 4.69) is 38.6 Å². The van der Waals surface area contributed by atoms with Gasteiger partial charge in [0.25, 0.3) is 0 Å². The fourth-order valence-corrected chi connectivity index (χ4v) is 3.23. The van der Waals surface area contributed by atoms with E-state index in [9.17, 15) is 0 Å². The Hall–Kier alpha value is -2.99. The van der Waals surface area contributed by atoms with Gasteiger partial charge in [0, 0.05) is 29.2 Å². The van der Waals surface area contributed by atoms with E-state index in [1.807, 2.05) is 41.1 Å². The molecule has 2 aromatic heterocycles. The summed E-state index contributed by atoms with van der Waals surface area (Å²) in [4.78, 5) is 4.10. The molecule has 0 aliphatic heterocycles. The summed E-state index contributed by atoms with van der Waals surface area (Å²) in [5.74, 6) is 0.642. The second-order valence-electron chi connectivity index (χ2n) is 5.61. The molecule has 25 heavy (non-hydrogen) atoms. The molecule has 0 spiro atoms. The topological polar surface area (TPSA) is 72.3 Å². The molecule has 0 bridgehead atoms. The molecule has 0 radical (unpaired) electrons. The molecule has 0 aliphatic rings. The van der Waals surface area contributed by atoms with Crippen LogP contribution in [-0.2, 0) is 6.42 Å². The zero-order valence-corrected chi connectivity index (χ0v) is 14.3. The lowest BCUT2D eigenvalue weighted by Gasteiger charge is -2.14. The van der Waals surface area contributed by atoms with E-state index in [1.165, 1.54) is 5.56 Å². The Bertz CT molecular complexity index is 975. The van der Waals surface area contributed by atoms with Crippen LogP contribution in [0.4, 0.5) is 0 Å². The molecular weight excluding hydrogens is 336 g/mol. The standard InChI is InChI=1S/C18H15ClN6/c1-2-12-9-15(25-8-7-20-11-25)10-16(19)17(12)13-3-5-14(6-4-13)18-21-23-24-22-18/h3-11H,2H2,1H3,(H,21,22,23,24). The van der Waals surface area contributed by atoms with Crippen molar-refractivity contribution in [3.63, 3.8) is 0 Å². The van der Waals surface area contributed by atoms with Gasteiger partial charge < -0.3 is 4.57 Å². The van der Waals surface area contributed by atoms with Gasteiger partial charge in [0.05, 0.1) is 11.3 Å². The normalized spacial score (nSPS) is 11.0. The predicted molar refractivity (Wildman–Crippen MR) is 96.6 cm³/mol. The Morgan fingerprint density at radius 3 is 2.56 bits per heavy atom. The van der Waals surface area contributed by atoms with E-state index in [1.54, 1.807) is 12.5 Å². The van der Waals surface area contributed by atoms with Crippen LogP contribution in [0.15, 0.2) is 55.1 Å². The third-order valence-corrected chi connectivity index (χ3v) is 4.43. The van der Waals surface area contributed by atoms with Gasteiger partial charge in [-0.2, -0.15) is 0 Å². The number of aromatic amines is 1. The molecule has 2 aromatic carbocycles. The second kappa shape index (κ2) is 6.49. The van der Waals surface area contributed by atoms with Gasteiger partial charge in [0.2, 0.25) is 0 Å². The number of hydrogen-bond acceptors (Lipinski definition) is 4. The molecule has 4 rings (SSSR count). The highest BCUT2D eigenvalue weighted by Gasteiger charge is 2.12. The molecule has 0 aliphatic carbocycles. The molecule has 0 unspecified atom stereocenters. The number of tetrazole rings is 1. The van der Waals surface area contributed by atoms with Crippen molar-refractivity contribution in [3.05, 3.63) is 65.7 Å². The molecule has 0 saturated heterocycles. The lowest BCUT2D eigenvalue weighted by molar-refractivity contribution is 0.881. The van der Waals surface area contributed by atoms with Crippen molar-refractivity contribution in [2.75, 3.05) is 0 Å². The number of nitrogens with one attached hydrogen (secondary N) is 1. The lowest BCUT2D eigenvalue weighted by atomic mass is 9.96. The van der Waals surface area contributed by atoms with Crippen LogP contribution < -0.4 is 0 Å². The van der Waals surface area contributed by atoms with Crippen molar-refractivity contribution in [3.8, 4) is 28.2 Å². The number of hydrogen-bond donors (Lipinski definition) is 1. The van der Waals surface area contributed by atoms with Gasteiger partial charge in [-0.1, -0.05) is 42.8 Å². The number of nitrogens with zero attached hydrogens (tertiary/aromatic N) is 5. The molecule has 4 aromatic rings. The van der Waals surface area contributed by atoms with Crippen LogP contribution in [0.3, 0.4) is 0 Å². The number of imidazole rings is 1. The summed E-state index contributed by atoms with van der Waals surface area (Å²) < 4.78 is 1.95. The van der Waals surface area contributed by atoms with Crippen LogP contribution in [-0.4, -0.2) is 30.2 Å². The molecule has 7 heteroatoms. The van der Waals surface area contributed by atoms with Crippen LogP contribution in [0.1, 0.15) is 12.5 Å². The molecule has 0 amide bonds. The Kier molecular flexibility index (Phi) is 4.03. The average molecular weight is 351 g/mol. The Morgan fingerprint density at radius 1 is 1.12 bits per heavy atom. The third-order valence-electron chi connectivity index (χ3n) is 4.13. The number of aromatic nitrogens is 6. The molecule has 0 fully saturated rings. The van der Waals surface area contributed by atoms with Crippen LogP contribution in [0, 0.1) is 0 Å². The highest BCUT2D eigenvalue weighted by Crippen LogP contribution is 2.35. The molecule has 0 saturated carbocycles. The number of rotatable bonds is 4.